The molecule has 1 N–H and O–H groups in total. The van der Waals surface area contributed by atoms with Crippen molar-refractivity contribution in [1.29, 1.82) is 5.26 Å². The van der Waals surface area contributed by atoms with E-state index in [-0.39, 0.29) is 18.0 Å². The van der Waals surface area contributed by atoms with Gasteiger partial charge in [-0.2, -0.15) is 5.26 Å². The summed E-state index contributed by atoms with van der Waals surface area (Å²) in [4.78, 5) is 19.0. The number of nitrogens with zero attached hydrogens (tertiary/aromatic N) is 3. The van der Waals surface area contributed by atoms with E-state index in [9.17, 15) is 4.79 Å². The first-order valence-corrected chi connectivity index (χ1v) is 8.60. The third kappa shape index (κ3) is 3.63. The molecule has 1 aromatic heterocycles. The van der Waals surface area contributed by atoms with Crippen molar-refractivity contribution in [2.75, 3.05) is 5.32 Å². The Morgan fingerprint density at radius 2 is 2.04 bits per heavy atom. The lowest BCUT2D eigenvalue weighted by atomic mass is 10.1. The van der Waals surface area contributed by atoms with Crippen LogP contribution in [0.1, 0.15) is 48.2 Å². The highest BCUT2D eigenvalue weighted by molar-refractivity contribution is 5.95. The third-order valence-electron chi connectivity index (χ3n) is 4.75. The van der Waals surface area contributed by atoms with E-state index in [0.29, 0.717) is 23.5 Å². The van der Waals surface area contributed by atoms with Gasteiger partial charge in [0.1, 0.15) is 11.9 Å². The smallest absolute Gasteiger partial charge is 0.254 e. The molecule has 1 fully saturated rings. The molecule has 2 heterocycles. The number of amides is 1. The van der Waals surface area contributed by atoms with E-state index in [1.165, 1.54) is 0 Å². The molecule has 25 heavy (non-hydrogen) atoms. The maximum Gasteiger partial charge on any atom is 0.254 e. The van der Waals surface area contributed by atoms with Crippen molar-refractivity contribution in [2.24, 2.45) is 0 Å². The first kappa shape index (κ1) is 17.0. The Morgan fingerprint density at radius 3 is 2.76 bits per heavy atom. The third-order valence-corrected chi connectivity index (χ3v) is 4.75. The van der Waals surface area contributed by atoms with Crippen molar-refractivity contribution < 1.29 is 4.79 Å². The largest absolute Gasteiger partial charge is 0.365 e. The standard InChI is InChI=1S/C20H22N4O/c1-14-8-9-15(2)24(14)20(25)17-6-3-5-16(11-17)13-23-19-18(12-21)7-4-10-22-19/h3-7,10-11,14-15H,8-9,13H2,1-2H3,(H,22,23)/t14-,15-/m0/s1. The van der Waals surface area contributed by atoms with Gasteiger partial charge in [-0.25, -0.2) is 4.98 Å². The van der Waals surface area contributed by atoms with Crippen LogP contribution in [0, 0.1) is 11.3 Å². The number of pyridine rings is 1. The number of nitriles is 1. The molecule has 128 valence electrons. The molecule has 1 aliphatic heterocycles. The van der Waals surface area contributed by atoms with Crippen molar-refractivity contribution in [1.82, 2.24) is 9.88 Å². The second kappa shape index (κ2) is 7.35. The molecule has 2 aromatic rings. The number of aromatic nitrogens is 1. The monoisotopic (exact) mass is 334 g/mol. The number of benzene rings is 1. The summed E-state index contributed by atoms with van der Waals surface area (Å²) in [7, 11) is 0. The van der Waals surface area contributed by atoms with Gasteiger partial charge in [0.2, 0.25) is 0 Å². The number of rotatable bonds is 4. The normalized spacial score (nSPS) is 19.5. The van der Waals surface area contributed by atoms with Crippen LogP contribution >= 0.6 is 0 Å². The number of nitrogens with one attached hydrogen (secondary N) is 1. The van der Waals surface area contributed by atoms with E-state index in [0.717, 1.165) is 18.4 Å². The van der Waals surface area contributed by atoms with Crippen LogP contribution in [-0.4, -0.2) is 27.9 Å². The van der Waals surface area contributed by atoms with Crippen LogP contribution in [0.5, 0.6) is 0 Å². The lowest BCUT2D eigenvalue weighted by molar-refractivity contribution is 0.0692. The van der Waals surface area contributed by atoms with Crippen LogP contribution in [0.4, 0.5) is 5.82 Å². The number of carbonyl (C=O) groups is 1. The van der Waals surface area contributed by atoms with Gasteiger partial charge >= 0.3 is 0 Å². The molecule has 5 nitrogen and oxygen atoms in total. The zero-order valence-electron chi connectivity index (χ0n) is 14.6. The van der Waals surface area contributed by atoms with E-state index in [1.54, 1.807) is 18.3 Å². The molecule has 0 spiro atoms. The highest BCUT2D eigenvalue weighted by atomic mass is 16.2. The fourth-order valence-corrected chi connectivity index (χ4v) is 3.38. The zero-order valence-corrected chi connectivity index (χ0v) is 14.6. The highest BCUT2D eigenvalue weighted by Crippen LogP contribution is 2.26. The maximum absolute atomic E-state index is 12.8. The fourth-order valence-electron chi connectivity index (χ4n) is 3.38. The van der Waals surface area contributed by atoms with Gasteiger partial charge in [-0.15, -0.1) is 0 Å². The van der Waals surface area contributed by atoms with Crippen molar-refractivity contribution in [3.05, 3.63) is 59.3 Å². The van der Waals surface area contributed by atoms with Gasteiger partial charge in [-0.05, 0) is 56.5 Å². The number of hydrogen-bond donors (Lipinski definition) is 1. The second-order valence-corrected chi connectivity index (χ2v) is 6.55. The molecule has 0 radical (unpaired) electrons. The molecular weight excluding hydrogens is 312 g/mol. The molecule has 0 unspecified atom stereocenters. The van der Waals surface area contributed by atoms with E-state index in [1.807, 2.05) is 29.2 Å². The summed E-state index contributed by atoms with van der Waals surface area (Å²) >= 11 is 0. The number of carbonyl (C=O) groups excluding carboxylic acids is 1. The summed E-state index contributed by atoms with van der Waals surface area (Å²) in [6, 6.07) is 13.8. The molecule has 2 atom stereocenters. The zero-order chi connectivity index (χ0) is 17.8. The lowest BCUT2D eigenvalue weighted by Crippen LogP contribution is -2.38. The first-order valence-electron chi connectivity index (χ1n) is 8.60. The minimum absolute atomic E-state index is 0.0925. The van der Waals surface area contributed by atoms with Crippen LogP contribution in [-0.2, 0) is 6.54 Å². The van der Waals surface area contributed by atoms with Crippen LogP contribution in [0.15, 0.2) is 42.6 Å². The molecule has 1 saturated heterocycles. The van der Waals surface area contributed by atoms with Crippen LogP contribution in [0.2, 0.25) is 0 Å². The summed E-state index contributed by atoms with van der Waals surface area (Å²) in [5, 5.41) is 12.3. The topological polar surface area (TPSA) is 69.0 Å². The summed E-state index contributed by atoms with van der Waals surface area (Å²) in [5.74, 6) is 0.651. The predicted molar refractivity (Wildman–Crippen MR) is 97.0 cm³/mol. The van der Waals surface area contributed by atoms with Gasteiger partial charge in [0.05, 0.1) is 5.56 Å². The molecule has 3 rings (SSSR count). The summed E-state index contributed by atoms with van der Waals surface area (Å²) in [6.45, 7) is 4.73. The Hall–Kier alpha value is -2.87. The Balaban J connectivity index is 1.74. The van der Waals surface area contributed by atoms with Crippen molar-refractivity contribution in [2.45, 2.75) is 45.3 Å². The second-order valence-electron chi connectivity index (χ2n) is 6.55. The summed E-state index contributed by atoms with van der Waals surface area (Å²) < 4.78 is 0. The molecule has 1 amide bonds. The summed E-state index contributed by atoms with van der Waals surface area (Å²) in [5.41, 5.74) is 2.20. The van der Waals surface area contributed by atoms with E-state index in [2.05, 4.69) is 30.2 Å². The minimum atomic E-state index is 0.0925. The summed E-state index contributed by atoms with van der Waals surface area (Å²) in [6.07, 6.45) is 3.77. The Bertz CT molecular complexity index is 801. The van der Waals surface area contributed by atoms with Crippen molar-refractivity contribution >= 4 is 11.7 Å². The Kier molecular flexibility index (Phi) is 4.99. The maximum atomic E-state index is 12.8. The van der Waals surface area contributed by atoms with E-state index < -0.39 is 0 Å². The quantitative estimate of drug-likeness (QED) is 0.928. The average Bonchev–Trinajstić information content (AvgIpc) is 2.98. The molecule has 0 bridgehead atoms. The average molecular weight is 334 g/mol. The van der Waals surface area contributed by atoms with E-state index >= 15 is 0 Å². The van der Waals surface area contributed by atoms with Gasteiger partial charge in [-0.1, -0.05) is 12.1 Å². The predicted octanol–water partition coefficient (Wildman–Crippen LogP) is 3.58. The molecule has 0 aliphatic carbocycles. The lowest BCUT2D eigenvalue weighted by Gasteiger charge is -2.26. The van der Waals surface area contributed by atoms with Crippen LogP contribution in [0.3, 0.4) is 0 Å². The van der Waals surface area contributed by atoms with Crippen molar-refractivity contribution in [3.63, 3.8) is 0 Å². The molecule has 1 aromatic carbocycles. The van der Waals surface area contributed by atoms with Gasteiger partial charge in [-0.3, -0.25) is 4.79 Å². The Labute approximate surface area is 148 Å². The fraction of sp³-hybridized carbons (Fsp3) is 0.350. The number of hydrogen-bond acceptors (Lipinski definition) is 4. The molecule has 1 aliphatic rings. The molecule has 5 heteroatoms. The van der Waals surface area contributed by atoms with E-state index in [4.69, 9.17) is 5.26 Å². The van der Waals surface area contributed by atoms with Crippen LogP contribution < -0.4 is 5.32 Å². The number of anilines is 1. The molecule has 0 saturated carbocycles. The first-order chi connectivity index (χ1) is 12.1. The Morgan fingerprint density at radius 1 is 1.28 bits per heavy atom. The van der Waals surface area contributed by atoms with Crippen LogP contribution in [0.25, 0.3) is 0 Å². The highest BCUT2D eigenvalue weighted by Gasteiger charge is 2.31. The minimum Gasteiger partial charge on any atom is -0.365 e. The van der Waals surface area contributed by atoms with Gasteiger partial charge in [0, 0.05) is 30.4 Å². The van der Waals surface area contributed by atoms with Gasteiger partial charge < -0.3 is 10.2 Å². The number of likely N-dealkylation sites (tertiary alicyclic amines) is 1. The van der Waals surface area contributed by atoms with Crippen molar-refractivity contribution in [3.8, 4) is 6.07 Å². The SMILES string of the molecule is C[C@H]1CC[C@H](C)N1C(=O)c1cccc(CNc2ncccc2C#N)c1. The van der Waals surface area contributed by atoms with Gasteiger partial charge in [0.25, 0.3) is 5.91 Å². The van der Waals surface area contributed by atoms with Gasteiger partial charge in [0.15, 0.2) is 0 Å². The molecular formula is C20H22N4O.